The van der Waals surface area contributed by atoms with Gasteiger partial charge in [0.15, 0.2) is 17.3 Å². The van der Waals surface area contributed by atoms with Crippen LogP contribution in [-0.2, 0) is 11.4 Å². The molecule has 0 unspecified atom stereocenters. The maximum atomic E-state index is 11.1. The highest BCUT2D eigenvalue weighted by atomic mass is 16.5. The first-order valence-corrected chi connectivity index (χ1v) is 7.14. The smallest absolute Gasteiger partial charge is 0.168 e. The van der Waals surface area contributed by atoms with Crippen LogP contribution in [0.3, 0.4) is 0 Å². The van der Waals surface area contributed by atoms with E-state index >= 15 is 0 Å². The van der Waals surface area contributed by atoms with E-state index < -0.39 is 0 Å². The van der Waals surface area contributed by atoms with Crippen LogP contribution in [0, 0.1) is 6.92 Å². The number of hydrogen-bond donors (Lipinski definition) is 0. The number of allylic oxidation sites excluding steroid dienone is 1. The maximum Gasteiger partial charge on any atom is 0.168 e. The van der Waals surface area contributed by atoms with Crippen molar-refractivity contribution in [2.24, 2.45) is 0 Å². The average molecular weight is 296 g/mol. The minimum atomic E-state index is -0.00699. The first-order chi connectivity index (χ1) is 10.6. The maximum absolute atomic E-state index is 11.1. The zero-order valence-electron chi connectivity index (χ0n) is 13.1. The number of methoxy groups -OCH3 is 1. The minimum Gasteiger partial charge on any atom is -0.493 e. The van der Waals surface area contributed by atoms with Crippen molar-refractivity contribution in [2.45, 2.75) is 20.5 Å². The fourth-order valence-electron chi connectivity index (χ4n) is 2.14. The Kier molecular flexibility index (Phi) is 5.37. The van der Waals surface area contributed by atoms with E-state index in [9.17, 15) is 4.79 Å². The Morgan fingerprint density at radius 1 is 1.18 bits per heavy atom. The second kappa shape index (κ2) is 7.46. The predicted molar refractivity (Wildman–Crippen MR) is 88.2 cm³/mol. The highest BCUT2D eigenvalue weighted by molar-refractivity contribution is 5.92. The Hall–Kier alpha value is -2.55. The van der Waals surface area contributed by atoms with E-state index in [4.69, 9.17) is 9.47 Å². The highest BCUT2D eigenvalue weighted by Gasteiger charge is 2.09. The molecule has 0 heterocycles. The lowest BCUT2D eigenvalue weighted by molar-refractivity contribution is -0.112. The summed E-state index contributed by atoms with van der Waals surface area (Å²) in [6, 6.07) is 13.8. The molecular weight excluding hydrogens is 276 g/mol. The number of ketones is 1. The molecule has 2 rings (SSSR count). The largest absolute Gasteiger partial charge is 0.493 e. The fourth-order valence-corrected chi connectivity index (χ4v) is 2.14. The Labute approximate surface area is 131 Å². The van der Waals surface area contributed by atoms with Crippen LogP contribution in [0.2, 0.25) is 0 Å². The Balaban J connectivity index is 2.26. The van der Waals surface area contributed by atoms with Crippen LogP contribution in [0.4, 0.5) is 0 Å². The van der Waals surface area contributed by atoms with Gasteiger partial charge >= 0.3 is 0 Å². The lowest BCUT2D eigenvalue weighted by Gasteiger charge is -2.13. The van der Waals surface area contributed by atoms with Crippen LogP contribution < -0.4 is 9.47 Å². The highest BCUT2D eigenvalue weighted by Crippen LogP contribution is 2.32. The number of carbonyl (C=O) groups excluding carboxylic acids is 1. The van der Waals surface area contributed by atoms with Crippen LogP contribution in [0.25, 0.3) is 6.08 Å². The van der Waals surface area contributed by atoms with Crippen molar-refractivity contribution in [3.8, 4) is 11.5 Å². The summed E-state index contributed by atoms with van der Waals surface area (Å²) in [6.45, 7) is 4.01. The molecule has 0 aromatic heterocycles. The summed E-state index contributed by atoms with van der Waals surface area (Å²) in [5.41, 5.74) is 3.10. The number of carbonyl (C=O) groups is 1. The molecular formula is C19H20O3. The molecule has 0 radical (unpaired) electrons. The molecule has 3 nitrogen and oxygen atoms in total. The van der Waals surface area contributed by atoms with Gasteiger partial charge in [0.05, 0.1) is 7.11 Å². The number of benzene rings is 2. The molecule has 0 saturated carbocycles. The summed E-state index contributed by atoms with van der Waals surface area (Å²) in [4.78, 5) is 11.1. The van der Waals surface area contributed by atoms with Gasteiger partial charge in [-0.1, -0.05) is 42.0 Å². The number of hydrogen-bond acceptors (Lipinski definition) is 3. The second-order valence-corrected chi connectivity index (χ2v) is 5.10. The molecule has 0 N–H and O–H groups in total. The molecule has 3 heteroatoms. The topological polar surface area (TPSA) is 35.5 Å². The van der Waals surface area contributed by atoms with E-state index in [1.54, 1.807) is 13.2 Å². The lowest BCUT2D eigenvalue weighted by atomic mass is 10.1. The predicted octanol–water partition coefficient (Wildman–Crippen LogP) is 4.18. The quantitative estimate of drug-likeness (QED) is 0.750. The normalized spacial score (nSPS) is 10.7. The van der Waals surface area contributed by atoms with Crippen molar-refractivity contribution in [2.75, 3.05) is 7.11 Å². The Morgan fingerprint density at radius 2 is 1.95 bits per heavy atom. The van der Waals surface area contributed by atoms with Crippen molar-refractivity contribution in [1.82, 2.24) is 0 Å². The number of ether oxygens (including phenoxy) is 2. The average Bonchev–Trinajstić information content (AvgIpc) is 2.51. The molecule has 0 spiro atoms. The summed E-state index contributed by atoms with van der Waals surface area (Å²) in [5.74, 6) is 1.29. The van der Waals surface area contributed by atoms with Crippen molar-refractivity contribution >= 4 is 11.9 Å². The van der Waals surface area contributed by atoms with Crippen molar-refractivity contribution in [1.29, 1.82) is 0 Å². The van der Waals surface area contributed by atoms with E-state index in [0.717, 1.165) is 11.1 Å². The number of aryl methyl sites for hydroxylation is 1. The summed E-state index contributed by atoms with van der Waals surface area (Å²) < 4.78 is 11.3. The van der Waals surface area contributed by atoms with Gasteiger partial charge in [-0.15, -0.1) is 0 Å². The van der Waals surface area contributed by atoms with Crippen LogP contribution >= 0.6 is 0 Å². The molecule has 0 amide bonds. The van der Waals surface area contributed by atoms with Crippen LogP contribution in [0.15, 0.2) is 48.5 Å². The molecule has 0 saturated heterocycles. The standard InChI is InChI=1S/C19H20O3/c1-14-6-4-7-16(12-14)13-22-19-17(11-10-15(2)20)8-5-9-18(19)21-3/h4-12H,13H2,1-3H3/b11-10+. The van der Waals surface area contributed by atoms with Gasteiger partial charge in [-0.25, -0.2) is 0 Å². The van der Waals surface area contributed by atoms with E-state index in [-0.39, 0.29) is 5.78 Å². The van der Waals surface area contributed by atoms with E-state index in [0.29, 0.717) is 18.1 Å². The van der Waals surface area contributed by atoms with Gasteiger partial charge in [-0.2, -0.15) is 0 Å². The van der Waals surface area contributed by atoms with E-state index in [1.807, 2.05) is 43.3 Å². The molecule has 0 bridgehead atoms. The van der Waals surface area contributed by atoms with Crippen molar-refractivity contribution in [3.63, 3.8) is 0 Å². The molecule has 22 heavy (non-hydrogen) atoms. The monoisotopic (exact) mass is 296 g/mol. The van der Waals surface area contributed by atoms with Crippen molar-refractivity contribution in [3.05, 3.63) is 65.2 Å². The van der Waals surface area contributed by atoms with Crippen molar-refractivity contribution < 1.29 is 14.3 Å². The molecule has 2 aromatic carbocycles. The van der Waals surface area contributed by atoms with E-state index in [2.05, 4.69) is 6.07 Å². The molecule has 0 fully saturated rings. The number of rotatable bonds is 6. The molecule has 0 atom stereocenters. The molecule has 0 aliphatic heterocycles. The zero-order chi connectivity index (χ0) is 15.9. The van der Waals surface area contributed by atoms with Crippen LogP contribution in [0.1, 0.15) is 23.6 Å². The van der Waals surface area contributed by atoms with Gasteiger partial charge in [-0.05, 0) is 37.6 Å². The third-order valence-corrected chi connectivity index (χ3v) is 3.19. The van der Waals surface area contributed by atoms with Gasteiger partial charge in [0.2, 0.25) is 0 Å². The van der Waals surface area contributed by atoms with Crippen LogP contribution in [0.5, 0.6) is 11.5 Å². The van der Waals surface area contributed by atoms with Gasteiger partial charge in [0.25, 0.3) is 0 Å². The second-order valence-electron chi connectivity index (χ2n) is 5.10. The summed E-state index contributed by atoms with van der Waals surface area (Å²) >= 11 is 0. The third kappa shape index (κ3) is 4.22. The number of para-hydroxylation sites is 1. The minimum absolute atomic E-state index is 0.00699. The SMILES string of the molecule is COc1cccc(/C=C/C(C)=O)c1OCc1cccc(C)c1. The summed E-state index contributed by atoms with van der Waals surface area (Å²) in [7, 11) is 1.60. The van der Waals surface area contributed by atoms with Gasteiger partial charge in [0, 0.05) is 5.56 Å². The van der Waals surface area contributed by atoms with Gasteiger partial charge < -0.3 is 9.47 Å². The summed E-state index contributed by atoms with van der Waals surface area (Å²) in [6.07, 6.45) is 3.27. The van der Waals surface area contributed by atoms with E-state index in [1.165, 1.54) is 18.6 Å². The molecule has 0 aliphatic rings. The fraction of sp³-hybridized carbons (Fsp3) is 0.211. The third-order valence-electron chi connectivity index (χ3n) is 3.19. The molecule has 0 aliphatic carbocycles. The first-order valence-electron chi connectivity index (χ1n) is 7.14. The first kappa shape index (κ1) is 15.8. The molecule has 114 valence electrons. The van der Waals surface area contributed by atoms with Gasteiger partial charge in [0.1, 0.15) is 6.61 Å². The van der Waals surface area contributed by atoms with Crippen LogP contribution in [-0.4, -0.2) is 12.9 Å². The Bertz CT molecular complexity index is 687. The molecule has 2 aromatic rings. The van der Waals surface area contributed by atoms with Gasteiger partial charge in [-0.3, -0.25) is 4.79 Å². The zero-order valence-corrected chi connectivity index (χ0v) is 13.1. The summed E-state index contributed by atoms with van der Waals surface area (Å²) in [5, 5.41) is 0. The lowest BCUT2D eigenvalue weighted by Crippen LogP contribution is -2.00. The Morgan fingerprint density at radius 3 is 2.64 bits per heavy atom.